The van der Waals surface area contributed by atoms with Gasteiger partial charge in [0.05, 0.1) is 0 Å². The number of hydrogen-bond acceptors (Lipinski definition) is 3. The molecule has 4 nitrogen and oxygen atoms in total. The molecular formula is C17H22N4. The third kappa shape index (κ3) is 2.44. The molecule has 1 aromatic carbocycles. The molecule has 4 heteroatoms. The second kappa shape index (κ2) is 5.53. The largest absolute Gasteiger partial charge is 0.351 e. The number of anilines is 1. The summed E-state index contributed by atoms with van der Waals surface area (Å²) in [6, 6.07) is 11.7. The molecule has 1 N–H and O–H groups in total. The van der Waals surface area contributed by atoms with Crippen LogP contribution in [0.15, 0.2) is 42.7 Å². The van der Waals surface area contributed by atoms with E-state index in [0.29, 0.717) is 12.1 Å². The van der Waals surface area contributed by atoms with Gasteiger partial charge in [-0.15, -0.1) is 0 Å². The van der Waals surface area contributed by atoms with Crippen LogP contribution in [-0.4, -0.2) is 39.6 Å². The highest BCUT2D eigenvalue weighted by Crippen LogP contribution is 2.29. The van der Waals surface area contributed by atoms with E-state index in [4.69, 9.17) is 0 Å². The molecule has 0 saturated carbocycles. The number of benzene rings is 1. The predicted octanol–water partition coefficient (Wildman–Crippen LogP) is 2.91. The van der Waals surface area contributed by atoms with Crippen LogP contribution >= 0.6 is 0 Å². The molecule has 2 aromatic rings. The molecule has 3 heterocycles. The summed E-state index contributed by atoms with van der Waals surface area (Å²) < 4.78 is 2.14. The minimum absolute atomic E-state index is 0.537. The average molecular weight is 282 g/mol. The van der Waals surface area contributed by atoms with Crippen molar-refractivity contribution in [1.29, 1.82) is 0 Å². The highest BCUT2D eigenvalue weighted by atomic mass is 15.3. The molecule has 2 aliphatic heterocycles. The van der Waals surface area contributed by atoms with Gasteiger partial charge < -0.3 is 5.32 Å². The molecule has 0 spiro atoms. The van der Waals surface area contributed by atoms with E-state index in [2.05, 4.69) is 44.0 Å². The topological polar surface area (TPSA) is 33.1 Å². The number of rotatable bonds is 3. The maximum Gasteiger partial charge on any atom is 0.207 e. The zero-order valence-corrected chi connectivity index (χ0v) is 12.3. The third-order valence-corrected chi connectivity index (χ3v) is 4.85. The second-order valence-electron chi connectivity index (χ2n) is 6.10. The normalized spacial score (nSPS) is 25.7. The number of para-hydroxylation sites is 1. The molecule has 2 aliphatic rings. The minimum atomic E-state index is 0.537. The molecular weight excluding hydrogens is 260 g/mol. The van der Waals surface area contributed by atoms with Crippen LogP contribution in [0.3, 0.4) is 0 Å². The van der Waals surface area contributed by atoms with Crippen LogP contribution in [0.4, 0.5) is 5.95 Å². The average Bonchev–Trinajstić information content (AvgIpc) is 3.16. The fourth-order valence-corrected chi connectivity index (χ4v) is 3.79. The van der Waals surface area contributed by atoms with E-state index in [1.807, 2.05) is 18.5 Å². The van der Waals surface area contributed by atoms with Crippen molar-refractivity contribution >= 4 is 5.95 Å². The van der Waals surface area contributed by atoms with E-state index in [1.165, 1.54) is 38.8 Å². The van der Waals surface area contributed by atoms with E-state index in [1.54, 1.807) is 0 Å². The van der Waals surface area contributed by atoms with E-state index >= 15 is 0 Å². The van der Waals surface area contributed by atoms with Crippen LogP contribution in [0.1, 0.15) is 25.7 Å². The molecule has 0 amide bonds. The monoisotopic (exact) mass is 282 g/mol. The van der Waals surface area contributed by atoms with Gasteiger partial charge in [0.1, 0.15) is 0 Å². The fourth-order valence-electron chi connectivity index (χ4n) is 3.79. The smallest absolute Gasteiger partial charge is 0.207 e. The summed E-state index contributed by atoms with van der Waals surface area (Å²) in [5.41, 5.74) is 1.16. The zero-order valence-electron chi connectivity index (χ0n) is 12.3. The Labute approximate surface area is 125 Å². The first-order valence-electron chi connectivity index (χ1n) is 8.01. The minimum Gasteiger partial charge on any atom is -0.351 e. The number of imidazole rings is 1. The number of nitrogens with one attached hydrogen (secondary N) is 1. The van der Waals surface area contributed by atoms with Crippen molar-refractivity contribution in [1.82, 2.24) is 14.5 Å². The predicted molar refractivity (Wildman–Crippen MR) is 84.8 cm³/mol. The Morgan fingerprint density at radius 2 is 1.95 bits per heavy atom. The summed E-state index contributed by atoms with van der Waals surface area (Å²) in [5.74, 6) is 0.971. The summed E-state index contributed by atoms with van der Waals surface area (Å²) in [6.45, 7) is 2.50. The fraction of sp³-hybridized carbons (Fsp3) is 0.471. The molecule has 2 saturated heterocycles. The lowest BCUT2D eigenvalue weighted by atomic mass is 9.99. The van der Waals surface area contributed by atoms with Crippen molar-refractivity contribution in [3.8, 4) is 5.69 Å². The van der Waals surface area contributed by atoms with Crippen molar-refractivity contribution in [2.45, 2.75) is 37.8 Å². The lowest BCUT2D eigenvalue weighted by Gasteiger charge is -2.32. The van der Waals surface area contributed by atoms with Gasteiger partial charge in [0.25, 0.3) is 0 Å². The number of nitrogens with zero attached hydrogens (tertiary/aromatic N) is 3. The Bertz CT molecular complexity index is 592. The van der Waals surface area contributed by atoms with Crippen LogP contribution in [0.2, 0.25) is 0 Å². The molecule has 21 heavy (non-hydrogen) atoms. The van der Waals surface area contributed by atoms with Gasteiger partial charge in [0.2, 0.25) is 5.95 Å². The maximum atomic E-state index is 4.53. The Morgan fingerprint density at radius 3 is 2.86 bits per heavy atom. The van der Waals surface area contributed by atoms with Crippen LogP contribution < -0.4 is 5.32 Å². The molecule has 4 rings (SSSR count). The van der Waals surface area contributed by atoms with E-state index < -0.39 is 0 Å². The summed E-state index contributed by atoms with van der Waals surface area (Å²) in [6.07, 6.45) is 9.19. The van der Waals surface area contributed by atoms with E-state index in [9.17, 15) is 0 Å². The quantitative estimate of drug-likeness (QED) is 0.939. The Morgan fingerprint density at radius 1 is 1.05 bits per heavy atom. The summed E-state index contributed by atoms with van der Waals surface area (Å²) in [7, 11) is 0. The molecule has 2 unspecified atom stereocenters. The van der Waals surface area contributed by atoms with Crippen molar-refractivity contribution in [2.75, 3.05) is 18.4 Å². The van der Waals surface area contributed by atoms with Crippen molar-refractivity contribution in [2.24, 2.45) is 0 Å². The van der Waals surface area contributed by atoms with Crippen molar-refractivity contribution in [3.05, 3.63) is 42.7 Å². The number of hydrogen-bond donors (Lipinski definition) is 1. The number of aromatic nitrogens is 2. The van der Waals surface area contributed by atoms with Gasteiger partial charge in [-0.3, -0.25) is 9.47 Å². The highest BCUT2D eigenvalue weighted by Gasteiger charge is 2.35. The van der Waals surface area contributed by atoms with Gasteiger partial charge in [-0.25, -0.2) is 4.98 Å². The summed E-state index contributed by atoms with van der Waals surface area (Å²) in [4.78, 5) is 7.18. The van der Waals surface area contributed by atoms with Crippen LogP contribution in [-0.2, 0) is 0 Å². The van der Waals surface area contributed by atoms with E-state index in [0.717, 1.165) is 11.6 Å². The number of piperidine rings is 1. The molecule has 2 fully saturated rings. The third-order valence-electron chi connectivity index (χ3n) is 4.85. The first-order chi connectivity index (χ1) is 10.4. The second-order valence-corrected chi connectivity index (χ2v) is 6.10. The van der Waals surface area contributed by atoms with Crippen LogP contribution in [0.25, 0.3) is 5.69 Å². The molecule has 110 valence electrons. The van der Waals surface area contributed by atoms with Crippen LogP contribution in [0.5, 0.6) is 0 Å². The Hall–Kier alpha value is -1.81. The molecule has 0 bridgehead atoms. The van der Waals surface area contributed by atoms with Crippen molar-refractivity contribution < 1.29 is 0 Å². The van der Waals surface area contributed by atoms with Gasteiger partial charge in [-0.2, -0.15) is 0 Å². The summed E-state index contributed by atoms with van der Waals surface area (Å²) >= 11 is 0. The first kappa shape index (κ1) is 12.9. The lowest BCUT2D eigenvalue weighted by Crippen LogP contribution is -2.42. The summed E-state index contributed by atoms with van der Waals surface area (Å²) in [5, 5.41) is 3.70. The van der Waals surface area contributed by atoms with E-state index in [-0.39, 0.29) is 0 Å². The molecule has 1 aromatic heterocycles. The first-order valence-corrected chi connectivity index (χ1v) is 8.01. The zero-order chi connectivity index (χ0) is 14.1. The van der Waals surface area contributed by atoms with Gasteiger partial charge >= 0.3 is 0 Å². The maximum absolute atomic E-state index is 4.53. The number of fused-ring (bicyclic) bond motifs is 1. The lowest BCUT2D eigenvalue weighted by molar-refractivity contribution is 0.192. The van der Waals surface area contributed by atoms with Crippen LogP contribution in [0, 0.1) is 0 Å². The Kier molecular flexibility index (Phi) is 3.39. The van der Waals surface area contributed by atoms with Gasteiger partial charge in [-0.05, 0) is 37.9 Å². The standard InChI is InChI=1S/C17H22N4/c1-2-6-14(7-3-1)21-13-10-18-17(21)19-15-9-12-20-11-5-4-8-16(15)20/h1-3,6-7,10,13,15-16H,4-5,8-9,11-12H2,(H,18,19). The van der Waals surface area contributed by atoms with Gasteiger partial charge in [-0.1, -0.05) is 24.6 Å². The molecule has 2 atom stereocenters. The van der Waals surface area contributed by atoms with Gasteiger partial charge in [0.15, 0.2) is 0 Å². The highest BCUT2D eigenvalue weighted by molar-refractivity contribution is 5.42. The molecule has 0 radical (unpaired) electrons. The molecule has 0 aliphatic carbocycles. The Balaban J connectivity index is 1.54. The van der Waals surface area contributed by atoms with Crippen molar-refractivity contribution in [3.63, 3.8) is 0 Å². The van der Waals surface area contributed by atoms with Gasteiger partial charge in [0, 0.05) is 36.7 Å². The SMILES string of the molecule is c1ccc(-n2ccnc2NC2CCN3CCCCC23)cc1.